The summed E-state index contributed by atoms with van der Waals surface area (Å²) in [7, 11) is 0. The van der Waals surface area contributed by atoms with Gasteiger partial charge in [-0.05, 0) is 19.4 Å². The lowest BCUT2D eigenvalue weighted by Crippen LogP contribution is -2.45. The third-order valence-electron chi connectivity index (χ3n) is 3.54. The summed E-state index contributed by atoms with van der Waals surface area (Å²) < 4.78 is 1.29. The van der Waals surface area contributed by atoms with Crippen molar-refractivity contribution in [1.29, 1.82) is 0 Å². The Morgan fingerprint density at radius 3 is 2.80 bits per heavy atom. The molecule has 0 atom stereocenters. The smallest absolute Gasteiger partial charge is 0.307 e. The second kappa shape index (κ2) is 6.47. The Hall–Kier alpha value is -1.96. The molecule has 8 heteroatoms. The molecule has 2 heterocycles. The molecule has 1 aliphatic heterocycles. The number of nitrogens with one attached hydrogen (secondary N) is 1. The fourth-order valence-electron chi connectivity index (χ4n) is 2.35. The molecule has 0 saturated carbocycles. The van der Waals surface area contributed by atoms with Gasteiger partial charge in [0, 0.05) is 19.1 Å². The minimum atomic E-state index is -0.526. The van der Waals surface area contributed by atoms with Crippen LogP contribution in [-0.2, 0) is 11.3 Å². The van der Waals surface area contributed by atoms with E-state index in [0.717, 1.165) is 38.7 Å². The van der Waals surface area contributed by atoms with Crippen molar-refractivity contribution in [3.8, 4) is 0 Å². The molecule has 0 unspecified atom stereocenters. The van der Waals surface area contributed by atoms with E-state index >= 15 is 0 Å². The molecule has 0 spiro atoms. The Kier molecular flexibility index (Phi) is 4.67. The molecule has 2 rings (SSSR count). The molecule has 1 saturated heterocycles. The molecule has 1 aromatic heterocycles. The Morgan fingerprint density at radius 2 is 2.25 bits per heavy atom. The highest BCUT2D eigenvalue weighted by atomic mass is 16.6. The number of nitro groups is 1. The van der Waals surface area contributed by atoms with Gasteiger partial charge in [-0.3, -0.25) is 19.6 Å². The fraction of sp³-hybridized carbons (Fsp3) is 0.667. The lowest BCUT2D eigenvalue weighted by molar-refractivity contribution is -0.385. The highest BCUT2D eigenvalue weighted by Gasteiger charge is 2.20. The fourth-order valence-corrected chi connectivity index (χ4v) is 2.35. The number of nitrogens with zero attached hydrogens (tertiary/aromatic N) is 4. The van der Waals surface area contributed by atoms with Gasteiger partial charge in [0.25, 0.3) is 0 Å². The van der Waals surface area contributed by atoms with Crippen molar-refractivity contribution in [2.24, 2.45) is 0 Å². The van der Waals surface area contributed by atoms with Crippen molar-refractivity contribution in [2.45, 2.75) is 32.4 Å². The topological polar surface area (TPSA) is 93.3 Å². The number of amides is 1. The van der Waals surface area contributed by atoms with Crippen LogP contribution < -0.4 is 5.32 Å². The quantitative estimate of drug-likeness (QED) is 0.622. The van der Waals surface area contributed by atoms with E-state index in [9.17, 15) is 14.9 Å². The second-order valence-corrected chi connectivity index (χ2v) is 4.93. The largest absolute Gasteiger partial charge is 0.352 e. The molecule has 0 aliphatic carbocycles. The van der Waals surface area contributed by atoms with Crippen LogP contribution in [0.3, 0.4) is 0 Å². The predicted octanol–water partition coefficient (Wildman–Crippen LogP) is 0.392. The van der Waals surface area contributed by atoms with E-state index in [1.54, 1.807) is 0 Å². The summed E-state index contributed by atoms with van der Waals surface area (Å²) >= 11 is 0. The van der Waals surface area contributed by atoms with Crippen molar-refractivity contribution in [2.75, 3.05) is 19.6 Å². The molecule has 1 aliphatic rings. The minimum absolute atomic E-state index is 0.0157. The third-order valence-corrected chi connectivity index (χ3v) is 3.54. The van der Waals surface area contributed by atoms with Crippen LogP contribution in [0.2, 0.25) is 0 Å². The average Bonchev–Trinajstić information content (AvgIpc) is 2.88. The Morgan fingerprint density at radius 1 is 1.55 bits per heavy atom. The van der Waals surface area contributed by atoms with E-state index in [2.05, 4.69) is 22.2 Å². The maximum absolute atomic E-state index is 11.9. The van der Waals surface area contributed by atoms with Gasteiger partial charge in [-0.2, -0.15) is 5.10 Å². The Bertz CT molecular complexity index is 479. The molecule has 1 amide bonds. The summed E-state index contributed by atoms with van der Waals surface area (Å²) in [5, 5.41) is 17.3. The number of hydrogen-bond donors (Lipinski definition) is 1. The van der Waals surface area contributed by atoms with Gasteiger partial charge in [0.05, 0.1) is 4.92 Å². The zero-order valence-electron chi connectivity index (χ0n) is 11.5. The number of likely N-dealkylation sites (tertiary alicyclic amines) is 1. The van der Waals surface area contributed by atoms with E-state index in [-0.39, 0.29) is 24.2 Å². The molecular weight excluding hydrogens is 262 g/mol. The van der Waals surface area contributed by atoms with E-state index in [1.807, 2.05) is 0 Å². The lowest BCUT2D eigenvalue weighted by Gasteiger charge is -2.31. The first kappa shape index (κ1) is 14.4. The maximum Gasteiger partial charge on any atom is 0.307 e. The van der Waals surface area contributed by atoms with E-state index in [4.69, 9.17) is 0 Å². The average molecular weight is 281 g/mol. The first-order valence-corrected chi connectivity index (χ1v) is 6.77. The van der Waals surface area contributed by atoms with Gasteiger partial charge in [0.2, 0.25) is 5.91 Å². The molecule has 1 fully saturated rings. The zero-order valence-corrected chi connectivity index (χ0v) is 11.5. The molecule has 110 valence electrons. The summed E-state index contributed by atoms with van der Waals surface area (Å²) in [5.74, 6) is -0.155. The molecule has 1 aromatic rings. The number of carbonyl (C=O) groups is 1. The van der Waals surface area contributed by atoms with Crippen LogP contribution in [0.4, 0.5) is 5.69 Å². The van der Waals surface area contributed by atoms with Gasteiger partial charge < -0.3 is 10.2 Å². The molecule has 0 bridgehead atoms. The summed E-state index contributed by atoms with van der Waals surface area (Å²) in [6, 6.07) is 0.191. The first-order chi connectivity index (χ1) is 9.58. The van der Waals surface area contributed by atoms with Crippen molar-refractivity contribution in [3.63, 3.8) is 0 Å². The number of rotatable bonds is 5. The SMILES string of the molecule is CCN1CCC(NC(=O)Cn2cc([N+](=O)[O-])cn2)CC1. The van der Waals surface area contributed by atoms with Crippen LogP contribution in [0, 0.1) is 10.1 Å². The monoisotopic (exact) mass is 281 g/mol. The molecular formula is C12H19N5O3. The lowest BCUT2D eigenvalue weighted by atomic mass is 10.1. The Labute approximate surface area is 116 Å². The molecule has 0 radical (unpaired) electrons. The van der Waals surface area contributed by atoms with Gasteiger partial charge in [-0.15, -0.1) is 0 Å². The van der Waals surface area contributed by atoms with Crippen LogP contribution in [0.25, 0.3) is 0 Å². The van der Waals surface area contributed by atoms with Gasteiger partial charge in [-0.1, -0.05) is 6.92 Å². The highest BCUT2D eigenvalue weighted by Crippen LogP contribution is 2.10. The predicted molar refractivity (Wildman–Crippen MR) is 72.2 cm³/mol. The highest BCUT2D eigenvalue weighted by molar-refractivity contribution is 5.76. The molecule has 20 heavy (non-hydrogen) atoms. The summed E-state index contributed by atoms with van der Waals surface area (Å²) in [6.07, 6.45) is 4.30. The number of hydrogen-bond acceptors (Lipinski definition) is 5. The number of aromatic nitrogens is 2. The normalized spacial score (nSPS) is 17.1. The Balaban J connectivity index is 1.79. The van der Waals surface area contributed by atoms with Crippen LogP contribution in [0.15, 0.2) is 12.4 Å². The maximum atomic E-state index is 11.9. The van der Waals surface area contributed by atoms with Crippen LogP contribution >= 0.6 is 0 Å². The van der Waals surface area contributed by atoms with Gasteiger partial charge in [0.1, 0.15) is 18.9 Å². The third kappa shape index (κ3) is 3.77. The summed E-state index contributed by atoms with van der Waals surface area (Å²) in [4.78, 5) is 24.2. The molecule has 1 N–H and O–H groups in total. The van der Waals surface area contributed by atoms with Crippen LogP contribution in [0.5, 0.6) is 0 Å². The number of piperidine rings is 1. The van der Waals surface area contributed by atoms with E-state index < -0.39 is 4.92 Å². The van der Waals surface area contributed by atoms with Crippen molar-refractivity contribution >= 4 is 11.6 Å². The summed E-state index contributed by atoms with van der Waals surface area (Å²) in [6.45, 7) is 5.17. The zero-order chi connectivity index (χ0) is 14.5. The number of carbonyl (C=O) groups excluding carboxylic acids is 1. The van der Waals surface area contributed by atoms with Gasteiger partial charge in [0.15, 0.2) is 0 Å². The van der Waals surface area contributed by atoms with Crippen LogP contribution in [-0.4, -0.2) is 51.2 Å². The van der Waals surface area contributed by atoms with Crippen molar-refractivity contribution in [1.82, 2.24) is 20.0 Å². The van der Waals surface area contributed by atoms with Crippen molar-refractivity contribution < 1.29 is 9.72 Å². The summed E-state index contributed by atoms with van der Waals surface area (Å²) in [5.41, 5.74) is -0.103. The van der Waals surface area contributed by atoms with Gasteiger partial charge in [-0.25, -0.2) is 0 Å². The molecule has 0 aromatic carbocycles. The van der Waals surface area contributed by atoms with E-state index in [0.29, 0.717) is 0 Å². The van der Waals surface area contributed by atoms with Crippen molar-refractivity contribution in [3.05, 3.63) is 22.5 Å². The van der Waals surface area contributed by atoms with Crippen LogP contribution in [0.1, 0.15) is 19.8 Å². The molecule has 8 nitrogen and oxygen atoms in total. The van der Waals surface area contributed by atoms with E-state index in [1.165, 1.54) is 10.9 Å². The second-order valence-electron chi connectivity index (χ2n) is 4.93. The standard InChI is InChI=1S/C12H19N5O3/c1-2-15-5-3-10(4-6-15)14-12(18)9-16-8-11(7-13-16)17(19)20/h7-8,10H,2-6,9H2,1H3,(H,14,18). The minimum Gasteiger partial charge on any atom is -0.352 e. The van der Waals surface area contributed by atoms with Gasteiger partial charge >= 0.3 is 5.69 Å². The first-order valence-electron chi connectivity index (χ1n) is 6.77.